The maximum atomic E-state index is 13.8. The van der Waals surface area contributed by atoms with E-state index in [1.807, 2.05) is 12.1 Å². The number of nitro groups is 1. The lowest BCUT2D eigenvalue weighted by Gasteiger charge is -2.13. The number of rotatable bonds is 11. The van der Waals surface area contributed by atoms with E-state index < -0.39 is 4.92 Å². The number of nitrogens with one attached hydrogen (secondary N) is 2. The third-order valence-electron chi connectivity index (χ3n) is 4.68. The van der Waals surface area contributed by atoms with Gasteiger partial charge in [0, 0.05) is 37.3 Å². The molecule has 0 aliphatic carbocycles. The largest absolute Gasteiger partial charge is 0.493 e. The molecule has 0 heterocycles. The number of nitro benzene ring substituents is 1. The van der Waals surface area contributed by atoms with Gasteiger partial charge in [0.1, 0.15) is 12.4 Å². The normalized spacial score (nSPS) is 10.6. The van der Waals surface area contributed by atoms with Crippen molar-refractivity contribution in [2.45, 2.75) is 13.2 Å². The van der Waals surface area contributed by atoms with Crippen LogP contribution in [0.15, 0.2) is 60.7 Å². The molecule has 168 valence electrons. The molecule has 0 aromatic heterocycles. The van der Waals surface area contributed by atoms with E-state index in [1.54, 1.807) is 37.4 Å². The van der Waals surface area contributed by atoms with Crippen molar-refractivity contribution in [2.24, 2.45) is 0 Å². The zero-order chi connectivity index (χ0) is 22.9. The minimum Gasteiger partial charge on any atom is -0.493 e. The van der Waals surface area contributed by atoms with Crippen LogP contribution in [0.25, 0.3) is 0 Å². The summed E-state index contributed by atoms with van der Waals surface area (Å²) in [6.07, 6.45) is 0. The van der Waals surface area contributed by atoms with Crippen LogP contribution in [0.4, 0.5) is 15.8 Å². The van der Waals surface area contributed by atoms with Gasteiger partial charge in [-0.3, -0.25) is 10.1 Å². The van der Waals surface area contributed by atoms with Crippen LogP contribution in [-0.2, 0) is 13.2 Å². The summed E-state index contributed by atoms with van der Waals surface area (Å²) in [5, 5.41) is 17.5. The van der Waals surface area contributed by atoms with Crippen molar-refractivity contribution >= 4 is 23.0 Å². The Morgan fingerprint density at radius 3 is 2.59 bits per heavy atom. The Labute approximate surface area is 190 Å². The van der Waals surface area contributed by atoms with Crippen LogP contribution < -0.4 is 20.1 Å². The minimum absolute atomic E-state index is 0.0473. The molecule has 2 N–H and O–H groups in total. The molecule has 0 amide bonds. The maximum absolute atomic E-state index is 13.8. The van der Waals surface area contributed by atoms with Crippen molar-refractivity contribution in [1.82, 2.24) is 5.32 Å². The van der Waals surface area contributed by atoms with E-state index in [0.29, 0.717) is 47.4 Å². The van der Waals surface area contributed by atoms with Crippen LogP contribution in [0.2, 0.25) is 5.02 Å². The molecule has 0 bridgehead atoms. The predicted octanol–water partition coefficient (Wildman–Crippen LogP) is 5.18. The van der Waals surface area contributed by atoms with Gasteiger partial charge in [-0.2, -0.15) is 0 Å². The molecule has 3 rings (SSSR count). The van der Waals surface area contributed by atoms with E-state index in [1.165, 1.54) is 18.2 Å². The highest BCUT2D eigenvalue weighted by atomic mass is 35.5. The first kappa shape index (κ1) is 23.3. The van der Waals surface area contributed by atoms with Crippen molar-refractivity contribution in [3.63, 3.8) is 0 Å². The molecule has 0 saturated carbocycles. The predicted molar refractivity (Wildman–Crippen MR) is 122 cm³/mol. The fourth-order valence-corrected chi connectivity index (χ4v) is 3.23. The molecule has 0 spiro atoms. The topological polar surface area (TPSA) is 85.7 Å². The van der Waals surface area contributed by atoms with Gasteiger partial charge in [0.15, 0.2) is 11.5 Å². The average molecular weight is 460 g/mol. The smallest absolute Gasteiger partial charge is 0.271 e. The highest BCUT2D eigenvalue weighted by molar-refractivity contribution is 6.33. The summed E-state index contributed by atoms with van der Waals surface area (Å²) < 4.78 is 24.9. The number of ether oxygens (including phenoxy) is 2. The second-order valence-electron chi connectivity index (χ2n) is 6.89. The van der Waals surface area contributed by atoms with Gasteiger partial charge in [0.25, 0.3) is 5.69 Å². The van der Waals surface area contributed by atoms with E-state index in [4.69, 9.17) is 21.1 Å². The van der Waals surface area contributed by atoms with Crippen molar-refractivity contribution < 1.29 is 18.8 Å². The van der Waals surface area contributed by atoms with E-state index in [0.717, 1.165) is 5.56 Å². The molecule has 32 heavy (non-hydrogen) atoms. The summed E-state index contributed by atoms with van der Waals surface area (Å²) in [5.74, 6) is 0.793. The van der Waals surface area contributed by atoms with Crippen LogP contribution in [0, 0.1) is 15.9 Å². The highest BCUT2D eigenvalue weighted by Gasteiger charge is 2.10. The highest BCUT2D eigenvalue weighted by Crippen LogP contribution is 2.29. The van der Waals surface area contributed by atoms with E-state index >= 15 is 0 Å². The van der Waals surface area contributed by atoms with E-state index in [2.05, 4.69) is 10.6 Å². The van der Waals surface area contributed by atoms with Gasteiger partial charge in [0.2, 0.25) is 0 Å². The molecule has 0 aliphatic heterocycles. The fourth-order valence-electron chi connectivity index (χ4n) is 2.99. The first-order valence-electron chi connectivity index (χ1n) is 9.89. The zero-order valence-corrected chi connectivity index (χ0v) is 18.2. The standard InChI is InChI=1S/C23H23ClFN3O4/c1-31-23-12-16(6-9-22(23)32-15-17-4-2-3-5-20(17)25)14-26-10-11-27-21-8-7-18(28(29)30)13-19(21)24/h2-9,12-13,26-27H,10-11,14-15H2,1H3. The Morgan fingerprint density at radius 1 is 1.06 bits per heavy atom. The molecule has 0 radical (unpaired) electrons. The second kappa shape index (κ2) is 11.3. The Balaban J connectivity index is 1.47. The average Bonchev–Trinajstić information content (AvgIpc) is 2.79. The molecule has 0 saturated heterocycles. The fraction of sp³-hybridized carbons (Fsp3) is 0.217. The van der Waals surface area contributed by atoms with Gasteiger partial charge in [-0.15, -0.1) is 0 Å². The molecule has 3 aromatic rings. The summed E-state index contributed by atoms with van der Waals surface area (Å²) >= 11 is 6.07. The first-order chi connectivity index (χ1) is 15.5. The Bertz CT molecular complexity index is 1080. The SMILES string of the molecule is COc1cc(CNCCNc2ccc([N+](=O)[O-])cc2Cl)ccc1OCc1ccccc1F. The number of halogens is 2. The van der Waals surface area contributed by atoms with Crippen molar-refractivity contribution in [3.05, 3.63) is 92.7 Å². The number of anilines is 1. The quantitative estimate of drug-likeness (QED) is 0.233. The number of hydrogen-bond acceptors (Lipinski definition) is 6. The molecule has 0 unspecified atom stereocenters. The lowest BCUT2D eigenvalue weighted by molar-refractivity contribution is -0.384. The summed E-state index contributed by atoms with van der Waals surface area (Å²) in [7, 11) is 1.56. The molecule has 0 aliphatic rings. The number of non-ortho nitro benzene ring substituents is 1. The van der Waals surface area contributed by atoms with Gasteiger partial charge in [0.05, 0.1) is 22.7 Å². The van der Waals surface area contributed by atoms with Gasteiger partial charge in [-0.25, -0.2) is 4.39 Å². The molecular formula is C23H23ClFN3O4. The van der Waals surface area contributed by atoms with Gasteiger partial charge >= 0.3 is 0 Å². The minimum atomic E-state index is -0.484. The van der Waals surface area contributed by atoms with Crippen molar-refractivity contribution in [2.75, 3.05) is 25.5 Å². The number of nitrogens with zero attached hydrogens (tertiary/aromatic N) is 1. The maximum Gasteiger partial charge on any atom is 0.271 e. The molecule has 7 nitrogen and oxygen atoms in total. The van der Waals surface area contributed by atoms with Crippen LogP contribution in [0.5, 0.6) is 11.5 Å². The number of benzene rings is 3. The zero-order valence-electron chi connectivity index (χ0n) is 17.4. The third kappa shape index (κ3) is 6.32. The summed E-state index contributed by atoms with van der Waals surface area (Å²) in [6.45, 7) is 1.93. The van der Waals surface area contributed by atoms with E-state index in [9.17, 15) is 14.5 Å². The number of methoxy groups -OCH3 is 1. The van der Waals surface area contributed by atoms with Gasteiger partial charge in [-0.05, 0) is 29.8 Å². The Morgan fingerprint density at radius 2 is 1.88 bits per heavy atom. The second-order valence-corrected chi connectivity index (χ2v) is 7.30. The molecule has 9 heteroatoms. The Kier molecular flexibility index (Phi) is 8.24. The monoisotopic (exact) mass is 459 g/mol. The van der Waals surface area contributed by atoms with Crippen molar-refractivity contribution in [3.8, 4) is 11.5 Å². The molecule has 0 atom stereocenters. The molecular weight excluding hydrogens is 437 g/mol. The lowest BCUT2D eigenvalue weighted by atomic mass is 10.2. The van der Waals surface area contributed by atoms with E-state index in [-0.39, 0.29) is 18.1 Å². The van der Waals surface area contributed by atoms with Gasteiger partial charge < -0.3 is 20.1 Å². The third-order valence-corrected chi connectivity index (χ3v) is 4.99. The molecule has 0 fully saturated rings. The van der Waals surface area contributed by atoms with Crippen molar-refractivity contribution in [1.29, 1.82) is 0 Å². The molecule has 3 aromatic carbocycles. The summed E-state index contributed by atoms with van der Waals surface area (Å²) in [5.41, 5.74) is 2.06. The first-order valence-corrected chi connectivity index (χ1v) is 10.3. The van der Waals surface area contributed by atoms with Crippen LogP contribution in [0.1, 0.15) is 11.1 Å². The summed E-state index contributed by atoms with van der Waals surface area (Å²) in [4.78, 5) is 10.3. The van der Waals surface area contributed by atoms with Crippen LogP contribution >= 0.6 is 11.6 Å². The Hall–Kier alpha value is -3.36. The van der Waals surface area contributed by atoms with Gasteiger partial charge in [-0.1, -0.05) is 35.9 Å². The summed E-state index contributed by atoms with van der Waals surface area (Å²) in [6, 6.07) is 16.4. The van der Waals surface area contributed by atoms with Crippen LogP contribution in [-0.4, -0.2) is 25.1 Å². The lowest BCUT2D eigenvalue weighted by Crippen LogP contribution is -2.21. The van der Waals surface area contributed by atoms with Crippen LogP contribution in [0.3, 0.4) is 0 Å². The number of hydrogen-bond donors (Lipinski definition) is 2.